The minimum Gasteiger partial charge on any atom is -0.308 e. The van der Waals surface area contributed by atoms with Gasteiger partial charge in [-0.2, -0.15) is 0 Å². The van der Waals surface area contributed by atoms with E-state index in [9.17, 15) is 0 Å². The third kappa shape index (κ3) is 5.79. The van der Waals surface area contributed by atoms with E-state index in [0.29, 0.717) is 0 Å². The van der Waals surface area contributed by atoms with Crippen molar-refractivity contribution in [3.63, 3.8) is 0 Å². The van der Waals surface area contributed by atoms with Gasteiger partial charge in [0.15, 0.2) is 0 Å². The lowest BCUT2D eigenvalue weighted by molar-refractivity contribution is 0.775. The van der Waals surface area contributed by atoms with Crippen LogP contribution in [0.25, 0.3) is 66.8 Å². The molecule has 0 bridgehead atoms. The molecule has 0 unspecified atom stereocenters. The highest BCUT2D eigenvalue weighted by atomic mass is 15.2. The zero-order chi connectivity index (χ0) is 45.5. The van der Waals surface area contributed by atoms with Gasteiger partial charge in [0.25, 0.3) is 0 Å². The molecule has 2 nitrogen and oxygen atoms in total. The van der Waals surface area contributed by atoms with E-state index in [1.807, 2.05) is 0 Å². The molecule has 1 spiro atoms. The van der Waals surface area contributed by atoms with Crippen molar-refractivity contribution in [3.8, 4) is 66.8 Å². The maximum atomic E-state index is 2.53. The average Bonchev–Trinajstić information content (AvgIpc) is 3.59. The van der Waals surface area contributed by atoms with Gasteiger partial charge in [-0.05, 0) is 126 Å². The number of hydrogen-bond donors (Lipinski definition) is 0. The van der Waals surface area contributed by atoms with Crippen LogP contribution < -0.4 is 9.80 Å². The molecule has 11 aromatic rings. The molecule has 1 heterocycles. The molecule has 11 aromatic carbocycles. The van der Waals surface area contributed by atoms with Gasteiger partial charge in [-0.3, -0.25) is 0 Å². The topological polar surface area (TPSA) is 6.48 Å². The summed E-state index contributed by atoms with van der Waals surface area (Å²) in [6, 6.07) is 99.1. The Balaban J connectivity index is 1.11. The summed E-state index contributed by atoms with van der Waals surface area (Å²) in [5.74, 6) is 0. The van der Waals surface area contributed by atoms with Crippen LogP contribution in [0.3, 0.4) is 0 Å². The van der Waals surface area contributed by atoms with E-state index in [-0.39, 0.29) is 0 Å². The molecule has 0 amide bonds. The van der Waals surface area contributed by atoms with Crippen molar-refractivity contribution >= 4 is 34.1 Å². The molecule has 0 radical (unpaired) electrons. The fourth-order valence-corrected chi connectivity index (χ4v) is 12.0. The van der Waals surface area contributed by atoms with Crippen LogP contribution in [0.1, 0.15) is 22.3 Å². The lowest BCUT2D eigenvalue weighted by Gasteiger charge is -2.37. The molecule has 0 saturated heterocycles. The Bertz CT molecular complexity index is 3750. The van der Waals surface area contributed by atoms with Gasteiger partial charge in [0.2, 0.25) is 0 Å². The Morgan fingerprint density at radius 3 is 1.30 bits per heavy atom. The SMILES string of the molecule is c1ccc(-c2ccc(N(c3ccc4c(c3)C3(c5ccccc5-c5ccccc5-4)c4ccccc4-c4ccccc43)c3cccc4c3N(c3ccccc3)c3ccccc3-c3ccccc3-4)cc2)cc1. The first-order chi connectivity index (χ1) is 34.3. The van der Waals surface area contributed by atoms with Crippen molar-refractivity contribution in [2.24, 2.45) is 0 Å². The number of para-hydroxylation sites is 3. The van der Waals surface area contributed by atoms with E-state index < -0.39 is 5.41 Å². The second-order valence-corrected chi connectivity index (χ2v) is 18.3. The van der Waals surface area contributed by atoms with E-state index in [4.69, 9.17) is 0 Å². The number of benzene rings is 11. The summed E-state index contributed by atoms with van der Waals surface area (Å²) in [7, 11) is 0. The van der Waals surface area contributed by atoms with Gasteiger partial charge >= 0.3 is 0 Å². The van der Waals surface area contributed by atoms with Crippen LogP contribution in [0.2, 0.25) is 0 Å². The van der Waals surface area contributed by atoms with Crippen LogP contribution in [-0.4, -0.2) is 0 Å². The van der Waals surface area contributed by atoms with Crippen molar-refractivity contribution in [2.75, 3.05) is 9.80 Å². The molecule has 14 rings (SSSR count). The lowest BCUT2D eigenvalue weighted by atomic mass is 9.66. The van der Waals surface area contributed by atoms with Gasteiger partial charge in [-0.1, -0.05) is 218 Å². The molecular formula is C67H44N2. The molecule has 69 heavy (non-hydrogen) atoms. The van der Waals surface area contributed by atoms with Crippen molar-refractivity contribution in [2.45, 2.75) is 5.41 Å². The van der Waals surface area contributed by atoms with Gasteiger partial charge < -0.3 is 9.80 Å². The normalized spacial score (nSPS) is 13.0. The minimum atomic E-state index is -0.626. The molecule has 2 heteroatoms. The van der Waals surface area contributed by atoms with Gasteiger partial charge in [0.1, 0.15) is 0 Å². The van der Waals surface area contributed by atoms with E-state index in [1.165, 1.54) is 89.0 Å². The van der Waals surface area contributed by atoms with E-state index in [2.05, 4.69) is 277 Å². The van der Waals surface area contributed by atoms with Crippen LogP contribution in [0, 0.1) is 0 Å². The van der Waals surface area contributed by atoms with Crippen molar-refractivity contribution in [1.82, 2.24) is 0 Å². The Labute approximate surface area is 403 Å². The summed E-state index contributed by atoms with van der Waals surface area (Å²) >= 11 is 0. The minimum absolute atomic E-state index is 0.626. The highest BCUT2D eigenvalue weighted by molar-refractivity contribution is 6.08. The first kappa shape index (κ1) is 39.2. The number of hydrogen-bond acceptors (Lipinski definition) is 2. The third-order valence-electron chi connectivity index (χ3n) is 14.8. The summed E-state index contributed by atoms with van der Waals surface area (Å²) in [5, 5.41) is 0. The monoisotopic (exact) mass is 876 g/mol. The summed E-state index contributed by atoms with van der Waals surface area (Å²) in [6.45, 7) is 0. The molecule has 322 valence electrons. The summed E-state index contributed by atoms with van der Waals surface area (Å²) in [6.07, 6.45) is 0. The fourth-order valence-electron chi connectivity index (χ4n) is 12.0. The number of anilines is 6. The van der Waals surface area contributed by atoms with Gasteiger partial charge in [-0.15, -0.1) is 0 Å². The third-order valence-corrected chi connectivity index (χ3v) is 14.8. The molecule has 1 aliphatic heterocycles. The zero-order valence-electron chi connectivity index (χ0n) is 37.8. The quantitative estimate of drug-likeness (QED) is 0.170. The molecule has 0 saturated carbocycles. The largest absolute Gasteiger partial charge is 0.308 e. The highest BCUT2D eigenvalue weighted by Gasteiger charge is 2.50. The van der Waals surface area contributed by atoms with Gasteiger partial charge in [-0.25, -0.2) is 0 Å². The Kier molecular flexibility index (Phi) is 8.84. The fraction of sp³-hybridized carbons (Fsp3) is 0.0149. The van der Waals surface area contributed by atoms with Crippen molar-refractivity contribution in [3.05, 3.63) is 289 Å². The predicted octanol–water partition coefficient (Wildman–Crippen LogP) is 18.0. The maximum Gasteiger partial charge on any atom is 0.0781 e. The predicted molar refractivity (Wildman–Crippen MR) is 287 cm³/mol. The Morgan fingerprint density at radius 2 is 0.696 bits per heavy atom. The zero-order valence-corrected chi connectivity index (χ0v) is 37.8. The van der Waals surface area contributed by atoms with Crippen LogP contribution in [0.5, 0.6) is 0 Å². The second-order valence-electron chi connectivity index (χ2n) is 18.3. The van der Waals surface area contributed by atoms with E-state index >= 15 is 0 Å². The first-order valence-corrected chi connectivity index (χ1v) is 23.9. The van der Waals surface area contributed by atoms with E-state index in [0.717, 1.165) is 34.1 Å². The lowest BCUT2D eigenvalue weighted by Crippen LogP contribution is -2.29. The Hall–Kier alpha value is -8.98. The first-order valence-electron chi connectivity index (χ1n) is 23.9. The molecule has 0 N–H and O–H groups in total. The summed E-state index contributed by atoms with van der Waals surface area (Å²) < 4.78 is 0. The highest BCUT2D eigenvalue weighted by Crippen LogP contribution is 2.63. The number of rotatable bonds is 5. The smallest absolute Gasteiger partial charge is 0.0781 e. The van der Waals surface area contributed by atoms with Crippen molar-refractivity contribution in [1.29, 1.82) is 0 Å². The van der Waals surface area contributed by atoms with Crippen LogP contribution in [0.4, 0.5) is 34.1 Å². The van der Waals surface area contributed by atoms with Crippen molar-refractivity contribution < 1.29 is 0 Å². The van der Waals surface area contributed by atoms with Crippen LogP contribution >= 0.6 is 0 Å². The van der Waals surface area contributed by atoms with E-state index in [1.54, 1.807) is 0 Å². The number of fused-ring (bicyclic) bond motifs is 17. The molecule has 0 aromatic heterocycles. The Morgan fingerprint density at radius 1 is 0.275 bits per heavy atom. The second kappa shape index (κ2) is 15.6. The standard InChI is InChI=1S/C67H44N2/c1-3-20-45(21-4-1)46-38-40-48(41-39-46)68(65-37-19-32-59-53-27-10-9-26-52(53)58-31-14-18-36-64(58)69(66(59)65)47-22-5-2-6-23-47)49-42-43-57-51-25-8-7-24-50(51)54-28-11-15-33-60(54)67(63(57)44-49)61-34-16-12-29-55(61)56-30-13-17-35-62(56)67/h1-44H. The molecular weight excluding hydrogens is 833 g/mol. The van der Waals surface area contributed by atoms with Crippen LogP contribution in [-0.2, 0) is 5.41 Å². The average molecular weight is 877 g/mol. The molecule has 2 aliphatic carbocycles. The summed E-state index contributed by atoms with van der Waals surface area (Å²) in [5.41, 5.74) is 25.8. The molecule has 3 aliphatic rings. The van der Waals surface area contributed by atoms with Crippen LogP contribution in [0.15, 0.2) is 267 Å². The molecule has 0 atom stereocenters. The number of nitrogens with zero attached hydrogens (tertiary/aromatic N) is 2. The maximum absolute atomic E-state index is 2.53. The summed E-state index contributed by atoms with van der Waals surface area (Å²) in [4.78, 5) is 5.01. The van der Waals surface area contributed by atoms with Gasteiger partial charge in [0.05, 0.1) is 22.5 Å². The molecule has 0 fully saturated rings. The van der Waals surface area contributed by atoms with Gasteiger partial charge in [0, 0.05) is 28.2 Å².